The highest BCUT2D eigenvalue weighted by molar-refractivity contribution is 9.10. The molecule has 136 valence electrons. The summed E-state index contributed by atoms with van der Waals surface area (Å²) in [5.41, 5.74) is 4.74. The minimum atomic E-state index is -0.312. The maximum atomic E-state index is 12.2. The van der Waals surface area contributed by atoms with Crippen molar-refractivity contribution in [2.75, 3.05) is 0 Å². The number of hydrogen-bond donors (Lipinski definition) is 1. The van der Waals surface area contributed by atoms with Crippen LogP contribution in [0.2, 0.25) is 5.02 Å². The van der Waals surface area contributed by atoms with Gasteiger partial charge in [-0.2, -0.15) is 5.10 Å². The second-order valence-electron chi connectivity index (χ2n) is 5.64. The van der Waals surface area contributed by atoms with E-state index in [1.165, 1.54) is 6.21 Å². The molecule has 0 radical (unpaired) electrons. The summed E-state index contributed by atoms with van der Waals surface area (Å²) in [6.45, 7) is 0.423. The van der Waals surface area contributed by atoms with E-state index < -0.39 is 0 Å². The SMILES string of the molecule is O=C(N/N=C\c1cc(Cl)ccc1OCc1ccccc1)c1ccccc1Br. The Bertz CT molecular complexity index is 961. The number of ether oxygens (including phenoxy) is 1. The van der Waals surface area contributed by atoms with Crippen molar-refractivity contribution >= 4 is 39.7 Å². The molecule has 0 aliphatic rings. The van der Waals surface area contributed by atoms with E-state index in [0.29, 0.717) is 33.0 Å². The van der Waals surface area contributed by atoms with Crippen LogP contribution in [0.4, 0.5) is 0 Å². The molecule has 0 aromatic heterocycles. The van der Waals surface area contributed by atoms with Crippen LogP contribution in [0, 0.1) is 0 Å². The Labute approximate surface area is 171 Å². The molecule has 27 heavy (non-hydrogen) atoms. The van der Waals surface area contributed by atoms with Crippen LogP contribution < -0.4 is 10.2 Å². The van der Waals surface area contributed by atoms with Crippen LogP contribution in [0.5, 0.6) is 5.75 Å². The number of rotatable bonds is 6. The van der Waals surface area contributed by atoms with Crippen molar-refractivity contribution < 1.29 is 9.53 Å². The Balaban J connectivity index is 1.70. The van der Waals surface area contributed by atoms with Gasteiger partial charge in [0.15, 0.2) is 0 Å². The number of amides is 1. The quantitative estimate of drug-likeness (QED) is 0.407. The first-order chi connectivity index (χ1) is 13.1. The fraction of sp³-hybridized carbons (Fsp3) is 0.0476. The summed E-state index contributed by atoms with van der Waals surface area (Å²) < 4.78 is 6.57. The first-order valence-electron chi connectivity index (χ1n) is 8.17. The number of nitrogens with zero attached hydrogens (tertiary/aromatic N) is 1. The lowest BCUT2D eigenvalue weighted by molar-refractivity contribution is 0.0954. The Morgan fingerprint density at radius 2 is 1.81 bits per heavy atom. The van der Waals surface area contributed by atoms with Gasteiger partial charge >= 0.3 is 0 Å². The second-order valence-corrected chi connectivity index (χ2v) is 6.93. The van der Waals surface area contributed by atoms with E-state index in [2.05, 4.69) is 26.5 Å². The maximum absolute atomic E-state index is 12.2. The third-order valence-electron chi connectivity index (χ3n) is 3.70. The molecule has 6 heteroatoms. The molecule has 4 nitrogen and oxygen atoms in total. The standard InChI is InChI=1S/C21H16BrClN2O2/c22-19-9-5-4-8-18(19)21(26)25-24-13-16-12-17(23)10-11-20(16)27-14-15-6-2-1-3-7-15/h1-13H,14H2,(H,25,26)/b24-13-. The van der Waals surface area contributed by atoms with Crippen LogP contribution in [0.15, 0.2) is 82.4 Å². The fourth-order valence-electron chi connectivity index (χ4n) is 2.35. The van der Waals surface area contributed by atoms with E-state index >= 15 is 0 Å². The van der Waals surface area contributed by atoms with Gasteiger partial charge in [-0.15, -0.1) is 0 Å². The largest absolute Gasteiger partial charge is 0.488 e. The average molecular weight is 444 g/mol. The Kier molecular flexibility index (Phi) is 6.63. The maximum Gasteiger partial charge on any atom is 0.272 e. The van der Waals surface area contributed by atoms with Crippen LogP contribution in [0.25, 0.3) is 0 Å². The minimum absolute atomic E-state index is 0.312. The Morgan fingerprint density at radius 1 is 1.07 bits per heavy atom. The van der Waals surface area contributed by atoms with Gasteiger partial charge < -0.3 is 4.74 Å². The summed E-state index contributed by atoms with van der Waals surface area (Å²) >= 11 is 9.43. The van der Waals surface area contributed by atoms with Gasteiger partial charge in [-0.1, -0.05) is 54.1 Å². The molecule has 0 saturated heterocycles. The zero-order valence-corrected chi connectivity index (χ0v) is 16.6. The zero-order chi connectivity index (χ0) is 19.1. The number of hydrogen-bond acceptors (Lipinski definition) is 3. The first kappa shape index (κ1) is 19.1. The van der Waals surface area contributed by atoms with Crippen molar-refractivity contribution in [2.45, 2.75) is 6.61 Å². The molecule has 3 aromatic carbocycles. The highest BCUT2D eigenvalue weighted by Gasteiger charge is 2.08. The van der Waals surface area contributed by atoms with Crippen molar-refractivity contribution in [3.05, 3.63) is 99.0 Å². The number of nitrogens with one attached hydrogen (secondary N) is 1. The molecule has 1 N–H and O–H groups in total. The van der Waals surface area contributed by atoms with Gasteiger partial charge in [-0.25, -0.2) is 5.43 Å². The number of benzene rings is 3. The molecule has 0 unspecified atom stereocenters. The molecule has 0 fully saturated rings. The van der Waals surface area contributed by atoms with Gasteiger partial charge in [-0.05, 0) is 51.8 Å². The number of halogens is 2. The summed E-state index contributed by atoms with van der Waals surface area (Å²) in [6.07, 6.45) is 1.51. The third-order valence-corrected chi connectivity index (χ3v) is 4.62. The smallest absolute Gasteiger partial charge is 0.272 e. The number of hydrazone groups is 1. The van der Waals surface area contributed by atoms with E-state index in [0.717, 1.165) is 5.56 Å². The summed E-state index contributed by atoms with van der Waals surface area (Å²) in [5.74, 6) is 0.314. The fourth-order valence-corrected chi connectivity index (χ4v) is 3.00. The molecule has 0 heterocycles. The van der Waals surface area contributed by atoms with Crippen molar-refractivity contribution in [3.8, 4) is 5.75 Å². The normalized spacial score (nSPS) is 10.7. The highest BCUT2D eigenvalue weighted by atomic mass is 79.9. The van der Waals surface area contributed by atoms with Crippen LogP contribution in [-0.4, -0.2) is 12.1 Å². The Morgan fingerprint density at radius 3 is 2.59 bits per heavy atom. The predicted molar refractivity (Wildman–Crippen MR) is 111 cm³/mol. The molecular weight excluding hydrogens is 428 g/mol. The van der Waals surface area contributed by atoms with Crippen LogP contribution >= 0.6 is 27.5 Å². The zero-order valence-electron chi connectivity index (χ0n) is 14.2. The molecule has 0 aliphatic heterocycles. The molecule has 0 saturated carbocycles. The number of carbonyl (C=O) groups excluding carboxylic acids is 1. The van der Waals surface area contributed by atoms with Crippen molar-refractivity contribution in [1.29, 1.82) is 0 Å². The minimum Gasteiger partial charge on any atom is -0.488 e. The van der Waals surface area contributed by atoms with Crippen LogP contribution in [0.1, 0.15) is 21.5 Å². The average Bonchev–Trinajstić information content (AvgIpc) is 2.68. The topological polar surface area (TPSA) is 50.7 Å². The van der Waals surface area contributed by atoms with Gasteiger partial charge in [0.05, 0.1) is 11.8 Å². The van der Waals surface area contributed by atoms with Gasteiger partial charge in [0.25, 0.3) is 5.91 Å². The van der Waals surface area contributed by atoms with Gasteiger partial charge in [0, 0.05) is 15.1 Å². The highest BCUT2D eigenvalue weighted by Crippen LogP contribution is 2.22. The van der Waals surface area contributed by atoms with E-state index in [-0.39, 0.29) is 5.91 Å². The monoisotopic (exact) mass is 442 g/mol. The predicted octanol–water partition coefficient (Wildman–Crippen LogP) is 5.45. The molecule has 0 atom stereocenters. The van der Waals surface area contributed by atoms with E-state index in [1.807, 2.05) is 36.4 Å². The van der Waals surface area contributed by atoms with Gasteiger partial charge in [0.1, 0.15) is 12.4 Å². The molecule has 3 aromatic rings. The van der Waals surface area contributed by atoms with E-state index in [9.17, 15) is 4.79 Å². The van der Waals surface area contributed by atoms with Crippen molar-refractivity contribution in [1.82, 2.24) is 5.43 Å². The molecule has 0 spiro atoms. The van der Waals surface area contributed by atoms with E-state index in [4.69, 9.17) is 16.3 Å². The van der Waals surface area contributed by atoms with E-state index in [1.54, 1.807) is 36.4 Å². The van der Waals surface area contributed by atoms with Gasteiger partial charge in [-0.3, -0.25) is 4.79 Å². The molecule has 3 rings (SSSR count). The summed E-state index contributed by atoms with van der Waals surface area (Å²) in [5, 5.41) is 4.59. The molecule has 0 bridgehead atoms. The third kappa shape index (κ3) is 5.42. The molecule has 1 amide bonds. The molecular formula is C21H16BrClN2O2. The lowest BCUT2D eigenvalue weighted by atomic mass is 10.2. The summed E-state index contributed by atoms with van der Waals surface area (Å²) in [7, 11) is 0. The number of carbonyl (C=O) groups is 1. The van der Waals surface area contributed by atoms with Crippen molar-refractivity contribution in [3.63, 3.8) is 0 Å². The van der Waals surface area contributed by atoms with Crippen LogP contribution in [0.3, 0.4) is 0 Å². The second kappa shape index (κ2) is 9.35. The lowest BCUT2D eigenvalue weighted by Gasteiger charge is -2.09. The first-order valence-corrected chi connectivity index (χ1v) is 9.35. The van der Waals surface area contributed by atoms with Crippen molar-refractivity contribution in [2.24, 2.45) is 5.10 Å². The Hall–Kier alpha value is -2.63. The molecule has 0 aliphatic carbocycles. The summed E-state index contributed by atoms with van der Waals surface area (Å²) in [6, 6.07) is 22.2. The van der Waals surface area contributed by atoms with Gasteiger partial charge in [0.2, 0.25) is 0 Å². The lowest BCUT2D eigenvalue weighted by Crippen LogP contribution is -2.18. The summed E-state index contributed by atoms with van der Waals surface area (Å²) in [4.78, 5) is 12.2. The van der Waals surface area contributed by atoms with Crippen LogP contribution in [-0.2, 0) is 6.61 Å².